The van der Waals surface area contributed by atoms with Crippen molar-refractivity contribution >= 4 is 11.8 Å². The Balaban J connectivity index is 2.24. The molecule has 2 amide bonds. The van der Waals surface area contributed by atoms with Crippen LogP contribution in [0, 0.1) is 13.8 Å². The molecule has 2 aromatic carbocycles. The molecular formula is C25H34N2O3. The Hall–Kier alpha value is -2.82. The van der Waals surface area contributed by atoms with E-state index in [0.29, 0.717) is 18.7 Å². The molecule has 0 fully saturated rings. The third-order valence-electron chi connectivity index (χ3n) is 4.67. The molecule has 5 heteroatoms. The number of aryl methyl sites for hydroxylation is 2. The number of amides is 2. The van der Waals surface area contributed by atoms with Crippen molar-refractivity contribution < 1.29 is 14.3 Å². The summed E-state index contributed by atoms with van der Waals surface area (Å²) in [5, 5.41) is 3.01. The van der Waals surface area contributed by atoms with Crippen LogP contribution < -0.4 is 10.1 Å². The maximum absolute atomic E-state index is 13.2. The minimum Gasteiger partial charge on any atom is -0.484 e. The number of ether oxygens (including phenoxy) is 1. The predicted octanol–water partition coefficient (Wildman–Crippen LogP) is 4.40. The van der Waals surface area contributed by atoms with Crippen molar-refractivity contribution in [3.05, 3.63) is 65.2 Å². The molecule has 0 aliphatic heterocycles. The number of benzene rings is 2. The molecule has 0 heterocycles. The fraction of sp³-hybridized carbons (Fsp3) is 0.440. The van der Waals surface area contributed by atoms with Crippen molar-refractivity contribution in [2.45, 2.75) is 66.1 Å². The molecule has 0 saturated carbocycles. The largest absolute Gasteiger partial charge is 0.484 e. The lowest BCUT2D eigenvalue weighted by atomic mass is 10.1. The number of carbonyl (C=O) groups is 2. The smallest absolute Gasteiger partial charge is 0.261 e. The zero-order valence-electron chi connectivity index (χ0n) is 19.0. The first-order valence-corrected chi connectivity index (χ1v) is 10.5. The van der Waals surface area contributed by atoms with Crippen molar-refractivity contribution in [3.63, 3.8) is 0 Å². The molecule has 0 unspecified atom stereocenters. The number of nitrogens with one attached hydrogen (secondary N) is 1. The average Bonchev–Trinajstić information content (AvgIpc) is 2.64. The normalized spacial score (nSPS) is 12.2. The highest BCUT2D eigenvalue weighted by Gasteiger charge is 2.30. The van der Waals surface area contributed by atoms with Gasteiger partial charge in [0.1, 0.15) is 11.8 Å². The van der Waals surface area contributed by atoms with Gasteiger partial charge in [0.15, 0.2) is 6.61 Å². The highest BCUT2D eigenvalue weighted by Crippen LogP contribution is 2.17. The molecule has 2 aromatic rings. The lowest BCUT2D eigenvalue weighted by molar-refractivity contribution is -0.143. The first-order chi connectivity index (χ1) is 14.1. The average molecular weight is 411 g/mol. The van der Waals surface area contributed by atoms with Gasteiger partial charge in [-0.3, -0.25) is 9.59 Å². The molecule has 1 atom stereocenters. The van der Waals surface area contributed by atoms with Crippen molar-refractivity contribution in [1.82, 2.24) is 10.2 Å². The van der Waals surface area contributed by atoms with Crippen molar-refractivity contribution in [1.29, 1.82) is 0 Å². The quantitative estimate of drug-likeness (QED) is 0.701. The highest BCUT2D eigenvalue weighted by molar-refractivity contribution is 5.88. The monoisotopic (exact) mass is 410 g/mol. The minimum absolute atomic E-state index is 0.117. The van der Waals surface area contributed by atoms with Gasteiger partial charge in [-0.25, -0.2) is 0 Å². The van der Waals surface area contributed by atoms with Crippen LogP contribution in [-0.2, 0) is 16.1 Å². The van der Waals surface area contributed by atoms with Crippen LogP contribution in [0.1, 0.15) is 50.8 Å². The van der Waals surface area contributed by atoms with E-state index in [9.17, 15) is 9.59 Å². The Bertz CT molecular complexity index is 871. The lowest BCUT2D eigenvalue weighted by Crippen LogP contribution is -2.54. The second-order valence-corrected chi connectivity index (χ2v) is 8.78. The Labute approximate surface area is 180 Å². The first-order valence-electron chi connectivity index (χ1n) is 10.5. The van der Waals surface area contributed by atoms with Gasteiger partial charge in [-0.15, -0.1) is 0 Å². The molecule has 30 heavy (non-hydrogen) atoms. The van der Waals surface area contributed by atoms with Gasteiger partial charge in [0, 0.05) is 12.1 Å². The van der Waals surface area contributed by atoms with Crippen LogP contribution in [0.25, 0.3) is 0 Å². The molecular weight excluding hydrogens is 376 g/mol. The van der Waals surface area contributed by atoms with Crippen LogP contribution in [0.4, 0.5) is 0 Å². The van der Waals surface area contributed by atoms with Crippen LogP contribution in [0.5, 0.6) is 5.75 Å². The van der Waals surface area contributed by atoms with Crippen LogP contribution >= 0.6 is 0 Å². The van der Waals surface area contributed by atoms with Crippen molar-refractivity contribution in [2.24, 2.45) is 0 Å². The summed E-state index contributed by atoms with van der Waals surface area (Å²) < 4.78 is 5.74. The number of carbonyl (C=O) groups excluding carboxylic acids is 2. The molecule has 0 bridgehead atoms. The van der Waals surface area contributed by atoms with Gasteiger partial charge in [0.25, 0.3) is 5.91 Å². The van der Waals surface area contributed by atoms with Gasteiger partial charge in [-0.05, 0) is 64.3 Å². The van der Waals surface area contributed by atoms with Crippen LogP contribution in [0.2, 0.25) is 0 Å². The molecule has 0 saturated heterocycles. The van der Waals surface area contributed by atoms with E-state index in [1.54, 1.807) is 4.90 Å². The van der Waals surface area contributed by atoms with E-state index in [2.05, 4.69) is 5.32 Å². The summed E-state index contributed by atoms with van der Waals surface area (Å²) in [6.45, 7) is 12.0. The molecule has 5 nitrogen and oxygen atoms in total. The Kier molecular flexibility index (Phi) is 8.04. The van der Waals surface area contributed by atoms with Gasteiger partial charge in [-0.1, -0.05) is 48.9 Å². The summed E-state index contributed by atoms with van der Waals surface area (Å²) in [6.07, 6.45) is 0.518. The Morgan fingerprint density at radius 3 is 2.23 bits per heavy atom. The zero-order chi connectivity index (χ0) is 22.3. The van der Waals surface area contributed by atoms with E-state index in [0.717, 1.165) is 16.7 Å². The maximum atomic E-state index is 13.2. The molecule has 1 N–H and O–H groups in total. The van der Waals surface area contributed by atoms with Gasteiger partial charge < -0.3 is 15.0 Å². The van der Waals surface area contributed by atoms with Gasteiger partial charge >= 0.3 is 0 Å². The lowest BCUT2D eigenvalue weighted by Gasteiger charge is -2.33. The molecule has 0 radical (unpaired) electrons. The van der Waals surface area contributed by atoms with Crippen molar-refractivity contribution in [2.75, 3.05) is 6.61 Å². The predicted molar refractivity (Wildman–Crippen MR) is 120 cm³/mol. The third-order valence-corrected chi connectivity index (χ3v) is 4.67. The minimum atomic E-state index is -0.571. The van der Waals surface area contributed by atoms with Crippen LogP contribution in [0.3, 0.4) is 0 Å². The second-order valence-electron chi connectivity index (χ2n) is 8.78. The number of hydrogen-bond donors (Lipinski definition) is 1. The number of rotatable bonds is 8. The van der Waals surface area contributed by atoms with E-state index < -0.39 is 6.04 Å². The van der Waals surface area contributed by atoms with E-state index in [-0.39, 0.29) is 24.0 Å². The van der Waals surface area contributed by atoms with Crippen LogP contribution in [0.15, 0.2) is 48.5 Å². The second kappa shape index (κ2) is 10.3. The molecule has 2 rings (SSSR count). The van der Waals surface area contributed by atoms with E-state index >= 15 is 0 Å². The van der Waals surface area contributed by atoms with Gasteiger partial charge in [-0.2, -0.15) is 0 Å². The molecule has 162 valence electrons. The molecule has 0 aromatic heterocycles. The summed E-state index contributed by atoms with van der Waals surface area (Å²) in [6, 6.07) is 15.0. The fourth-order valence-corrected chi connectivity index (χ4v) is 3.31. The van der Waals surface area contributed by atoms with E-state index in [1.807, 2.05) is 90.1 Å². The Morgan fingerprint density at radius 1 is 1.03 bits per heavy atom. The van der Waals surface area contributed by atoms with Gasteiger partial charge in [0.2, 0.25) is 5.91 Å². The molecule has 0 aliphatic rings. The zero-order valence-corrected chi connectivity index (χ0v) is 19.0. The number of nitrogens with zero attached hydrogens (tertiary/aromatic N) is 1. The van der Waals surface area contributed by atoms with Gasteiger partial charge in [0.05, 0.1) is 0 Å². The van der Waals surface area contributed by atoms with E-state index in [4.69, 9.17) is 4.74 Å². The summed E-state index contributed by atoms with van der Waals surface area (Å²) in [5.74, 6) is 0.279. The standard InChI is InChI=1S/C25H34N2O3/c1-7-22(24(29)26-25(4,5)6)27(16-20-12-8-10-18(2)14-20)23(28)17-30-21-13-9-11-19(3)15-21/h8-15,22H,7,16-17H2,1-6H3,(H,26,29)/t22-/m1/s1. The summed E-state index contributed by atoms with van der Waals surface area (Å²) in [7, 11) is 0. The summed E-state index contributed by atoms with van der Waals surface area (Å²) in [5.41, 5.74) is 2.79. The first kappa shape index (κ1) is 23.5. The maximum Gasteiger partial charge on any atom is 0.261 e. The van der Waals surface area contributed by atoms with Crippen molar-refractivity contribution in [3.8, 4) is 5.75 Å². The third kappa shape index (κ3) is 7.21. The van der Waals surface area contributed by atoms with E-state index in [1.165, 1.54) is 0 Å². The topological polar surface area (TPSA) is 58.6 Å². The van der Waals surface area contributed by atoms with Crippen LogP contribution in [-0.4, -0.2) is 34.9 Å². The Morgan fingerprint density at radius 2 is 1.67 bits per heavy atom. The number of hydrogen-bond acceptors (Lipinski definition) is 3. The summed E-state index contributed by atoms with van der Waals surface area (Å²) >= 11 is 0. The highest BCUT2D eigenvalue weighted by atomic mass is 16.5. The SMILES string of the molecule is CC[C@H](C(=O)NC(C)(C)C)N(Cc1cccc(C)c1)C(=O)COc1cccc(C)c1. The fourth-order valence-electron chi connectivity index (χ4n) is 3.31. The summed E-state index contributed by atoms with van der Waals surface area (Å²) in [4.78, 5) is 27.8. The molecule has 0 aliphatic carbocycles. The molecule has 0 spiro atoms.